The molecule has 0 radical (unpaired) electrons. The van der Waals surface area contributed by atoms with E-state index in [4.69, 9.17) is 5.11 Å². The first-order valence-electron chi connectivity index (χ1n) is 5.56. The van der Waals surface area contributed by atoms with Crippen LogP contribution in [-0.4, -0.2) is 35.6 Å². The highest BCUT2D eigenvalue weighted by Crippen LogP contribution is 2.17. The minimum atomic E-state index is -0.640. The highest BCUT2D eigenvalue weighted by molar-refractivity contribution is 5.70. The number of carbonyl (C=O) groups is 1. The van der Waals surface area contributed by atoms with Gasteiger partial charge in [-0.1, -0.05) is 13.8 Å². The highest BCUT2D eigenvalue weighted by Gasteiger charge is 2.22. The van der Waals surface area contributed by atoms with Crippen LogP contribution in [0.3, 0.4) is 0 Å². The number of aliphatic carboxylic acids is 1. The maximum atomic E-state index is 10.9. The summed E-state index contributed by atoms with van der Waals surface area (Å²) in [5, 5.41) is 9.00. The van der Waals surface area contributed by atoms with Gasteiger partial charge in [0.1, 0.15) is 0 Å². The minimum Gasteiger partial charge on any atom is -0.481 e. The monoisotopic (exact) mass is 199 g/mol. The molecule has 0 bridgehead atoms. The molecule has 3 nitrogen and oxygen atoms in total. The van der Waals surface area contributed by atoms with Crippen molar-refractivity contribution in [2.75, 3.05) is 19.6 Å². The lowest BCUT2D eigenvalue weighted by molar-refractivity contribution is -0.143. The van der Waals surface area contributed by atoms with Crippen molar-refractivity contribution in [3.63, 3.8) is 0 Å². The van der Waals surface area contributed by atoms with E-state index in [0.29, 0.717) is 0 Å². The lowest BCUT2D eigenvalue weighted by atomic mass is 9.92. The molecule has 1 rings (SSSR count). The van der Waals surface area contributed by atoms with E-state index in [-0.39, 0.29) is 11.8 Å². The third-order valence-electron chi connectivity index (χ3n) is 3.08. The molecule has 0 amide bonds. The number of nitrogens with zero attached hydrogens (tertiary/aromatic N) is 1. The van der Waals surface area contributed by atoms with Crippen LogP contribution in [0.25, 0.3) is 0 Å². The van der Waals surface area contributed by atoms with Crippen LogP contribution >= 0.6 is 0 Å². The number of hydrogen-bond acceptors (Lipinski definition) is 2. The van der Waals surface area contributed by atoms with Crippen LogP contribution in [0.2, 0.25) is 0 Å². The summed E-state index contributed by atoms with van der Waals surface area (Å²) < 4.78 is 0. The molecule has 1 unspecified atom stereocenters. The van der Waals surface area contributed by atoms with Crippen LogP contribution in [0, 0.1) is 11.8 Å². The Morgan fingerprint density at radius 1 is 1.36 bits per heavy atom. The van der Waals surface area contributed by atoms with Gasteiger partial charge >= 0.3 is 5.97 Å². The van der Waals surface area contributed by atoms with Crippen LogP contribution < -0.4 is 0 Å². The maximum Gasteiger partial charge on any atom is 0.306 e. The fourth-order valence-corrected chi connectivity index (χ4v) is 2.07. The van der Waals surface area contributed by atoms with Crippen molar-refractivity contribution < 1.29 is 9.90 Å². The van der Waals surface area contributed by atoms with Crippen molar-refractivity contribution in [3.8, 4) is 0 Å². The van der Waals surface area contributed by atoms with Gasteiger partial charge in [-0.25, -0.2) is 0 Å². The molecule has 1 heterocycles. The van der Waals surface area contributed by atoms with Crippen LogP contribution in [0.4, 0.5) is 0 Å². The Kier molecular flexibility index (Phi) is 4.39. The Morgan fingerprint density at radius 3 is 2.36 bits per heavy atom. The summed E-state index contributed by atoms with van der Waals surface area (Å²) in [6.07, 6.45) is 3.35. The van der Waals surface area contributed by atoms with Gasteiger partial charge in [-0.3, -0.25) is 4.79 Å². The molecule has 0 spiro atoms. The van der Waals surface area contributed by atoms with E-state index in [1.165, 1.54) is 12.8 Å². The predicted octanol–water partition coefficient (Wildman–Crippen LogP) is 1.83. The second-order valence-corrected chi connectivity index (χ2v) is 4.53. The highest BCUT2D eigenvalue weighted by atomic mass is 16.4. The Labute approximate surface area is 86.1 Å². The van der Waals surface area contributed by atoms with Gasteiger partial charge in [-0.15, -0.1) is 0 Å². The SMILES string of the molecule is CC(C)C(CCN1CCCC1)C(=O)O. The lowest BCUT2D eigenvalue weighted by Crippen LogP contribution is -2.27. The van der Waals surface area contributed by atoms with Gasteiger partial charge in [0.25, 0.3) is 0 Å². The van der Waals surface area contributed by atoms with Crippen LogP contribution in [0.5, 0.6) is 0 Å². The third-order valence-corrected chi connectivity index (χ3v) is 3.08. The molecule has 1 aliphatic heterocycles. The molecular weight excluding hydrogens is 178 g/mol. The largest absolute Gasteiger partial charge is 0.481 e. The van der Waals surface area contributed by atoms with Gasteiger partial charge < -0.3 is 10.0 Å². The van der Waals surface area contributed by atoms with E-state index < -0.39 is 5.97 Å². The quantitative estimate of drug-likeness (QED) is 0.734. The molecule has 14 heavy (non-hydrogen) atoms. The summed E-state index contributed by atoms with van der Waals surface area (Å²) in [7, 11) is 0. The molecule has 0 aromatic heterocycles. The van der Waals surface area contributed by atoms with Crippen molar-refractivity contribution in [2.24, 2.45) is 11.8 Å². The molecule has 3 heteroatoms. The first-order valence-corrected chi connectivity index (χ1v) is 5.56. The van der Waals surface area contributed by atoms with Crippen molar-refractivity contribution in [1.82, 2.24) is 4.90 Å². The average molecular weight is 199 g/mol. The maximum absolute atomic E-state index is 10.9. The van der Waals surface area contributed by atoms with Gasteiger partial charge in [-0.2, -0.15) is 0 Å². The Bertz CT molecular complexity index is 186. The summed E-state index contributed by atoms with van der Waals surface area (Å²) in [6.45, 7) is 7.25. The summed E-state index contributed by atoms with van der Waals surface area (Å²) in [5.41, 5.74) is 0. The second-order valence-electron chi connectivity index (χ2n) is 4.53. The third kappa shape index (κ3) is 3.29. The molecule has 0 aromatic carbocycles. The van der Waals surface area contributed by atoms with Gasteiger partial charge in [0, 0.05) is 0 Å². The number of carboxylic acids is 1. The summed E-state index contributed by atoms with van der Waals surface area (Å²) >= 11 is 0. The molecule has 1 N–H and O–H groups in total. The fourth-order valence-electron chi connectivity index (χ4n) is 2.07. The molecule has 1 atom stereocenters. The van der Waals surface area contributed by atoms with E-state index in [9.17, 15) is 4.79 Å². The molecule has 82 valence electrons. The van der Waals surface area contributed by atoms with Gasteiger partial charge in [0.2, 0.25) is 0 Å². The van der Waals surface area contributed by atoms with Crippen molar-refractivity contribution in [3.05, 3.63) is 0 Å². The lowest BCUT2D eigenvalue weighted by Gasteiger charge is -2.20. The molecule has 1 aliphatic rings. The van der Waals surface area contributed by atoms with Crippen molar-refractivity contribution >= 4 is 5.97 Å². The number of carboxylic acid groups (broad SMARTS) is 1. The minimum absolute atomic E-state index is 0.171. The number of likely N-dealkylation sites (tertiary alicyclic amines) is 1. The molecule has 1 saturated heterocycles. The van der Waals surface area contributed by atoms with Crippen LogP contribution in [-0.2, 0) is 4.79 Å². The molecule has 0 aliphatic carbocycles. The first kappa shape index (κ1) is 11.5. The number of rotatable bonds is 5. The summed E-state index contributed by atoms with van der Waals surface area (Å²) in [5.74, 6) is -0.565. The van der Waals surface area contributed by atoms with Gasteiger partial charge in [-0.05, 0) is 44.8 Å². The zero-order valence-electron chi connectivity index (χ0n) is 9.20. The van der Waals surface area contributed by atoms with Crippen molar-refractivity contribution in [2.45, 2.75) is 33.1 Å². The summed E-state index contributed by atoms with van der Waals surface area (Å²) in [4.78, 5) is 13.3. The van der Waals surface area contributed by atoms with E-state index in [2.05, 4.69) is 4.90 Å². The predicted molar refractivity (Wildman–Crippen MR) is 56.3 cm³/mol. The zero-order chi connectivity index (χ0) is 10.6. The number of hydrogen-bond donors (Lipinski definition) is 1. The van der Waals surface area contributed by atoms with E-state index in [0.717, 1.165) is 26.1 Å². The van der Waals surface area contributed by atoms with Crippen molar-refractivity contribution in [1.29, 1.82) is 0 Å². The van der Waals surface area contributed by atoms with Gasteiger partial charge in [0.15, 0.2) is 0 Å². The summed E-state index contributed by atoms with van der Waals surface area (Å²) in [6, 6.07) is 0. The normalized spacial score (nSPS) is 20.2. The topological polar surface area (TPSA) is 40.5 Å². The van der Waals surface area contributed by atoms with E-state index in [1.54, 1.807) is 0 Å². The molecule has 0 saturated carbocycles. The standard InChI is InChI=1S/C11H21NO2/c1-9(2)10(11(13)14)5-8-12-6-3-4-7-12/h9-10H,3-8H2,1-2H3,(H,13,14). The first-order chi connectivity index (χ1) is 6.61. The molecule has 0 aromatic rings. The zero-order valence-corrected chi connectivity index (χ0v) is 9.20. The molecular formula is C11H21NO2. The Hall–Kier alpha value is -0.570. The van der Waals surface area contributed by atoms with E-state index in [1.807, 2.05) is 13.8 Å². The van der Waals surface area contributed by atoms with E-state index >= 15 is 0 Å². The molecule has 1 fully saturated rings. The van der Waals surface area contributed by atoms with Crippen LogP contribution in [0.1, 0.15) is 33.1 Å². The van der Waals surface area contributed by atoms with Gasteiger partial charge in [0.05, 0.1) is 5.92 Å². The smallest absolute Gasteiger partial charge is 0.306 e. The second kappa shape index (κ2) is 5.35. The average Bonchev–Trinajstić information content (AvgIpc) is 2.55. The Balaban J connectivity index is 2.28. The Morgan fingerprint density at radius 2 is 1.93 bits per heavy atom. The van der Waals surface area contributed by atoms with Crippen LogP contribution in [0.15, 0.2) is 0 Å². The fraction of sp³-hybridized carbons (Fsp3) is 0.909.